The monoisotopic (exact) mass is 459 g/mol. The van der Waals surface area contributed by atoms with E-state index in [1.165, 1.54) is 17.7 Å². The summed E-state index contributed by atoms with van der Waals surface area (Å²) in [6.45, 7) is 0.558. The third-order valence-corrected chi connectivity index (χ3v) is 6.64. The fraction of sp³-hybridized carbons (Fsp3) is 0.100. The molecule has 3 aromatic carbocycles. The van der Waals surface area contributed by atoms with E-state index in [0.29, 0.717) is 17.5 Å². The highest BCUT2D eigenvalue weighted by atomic mass is 19.1. The first-order valence-corrected chi connectivity index (χ1v) is 11.6. The van der Waals surface area contributed by atoms with Crippen molar-refractivity contribution in [2.45, 2.75) is 12.5 Å². The minimum Gasteiger partial charge on any atom is -0.327 e. The molecule has 35 heavy (non-hydrogen) atoms. The molecule has 3 heterocycles. The fourth-order valence-electron chi connectivity index (χ4n) is 4.95. The Kier molecular flexibility index (Phi) is 5.30. The smallest absolute Gasteiger partial charge is 0.255 e. The van der Waals surface area contributed by atoms with E-state index in [2.05, 4.69) is 17.1 Å². The maximum atomic E-state index is 14.3. The molecular formula is C30H22FN3O. The van der Waals surface area contributed by atoms with E-state index in [1.54, 1.807) is 24.5 Å². The Morgan fingerprint density at radius 1 is 0.914 bits per heavy atom. The van der Waals surface area contributed by atoms with Crippen molar-refractivity contribution in [3.05, 3.63) is 131 Å². The Hall–Kier alpha value is -4.38. The number of amides is 1. The van der Waals surface area contributed by atoms with Crippen LogP contribution in [0.2, 0.25) is 0 Å². The van der Waals surface area contributed by atoms with Crippen molar-refractivity contribution in [3.8, 4) is 11.3 Å². The Morgan fingerprint density at radius 2 is 1.69 bits per heavy atom. The molecule has 0 bridgehead atoms. The quantitative estimate of drug-likeness (QED) is 0.322. The molecule has 0 spiro atoms. The minimum absolute atomic E-state index is 0.0913. The standard InChI is InChI=1S/C30H22FN3O/c31-23-12-10-22(11-13-23)29-24-9-5-4-6-20(24)15-17-34(29)30(35)25-18-28(21-7-2-1-3-8-21)33-27-14-16-32-19-26(25)27/h1-14,16,18-19,29H,15,17H2. The lowest BCUT2D eigenvalue weighted by atomic mass is 9.87. The molecule has 5 aromatic rings. The molecule has 0 saturated heterocycles. The average molecular weight is 460 g/mol. The maximum absolute atomic E-state index is 14.3. The van der Waals surface area contributed by atoms with Gasteiger partial charge >= 0.3 is 0 Å². The Labute approximate surface area is 202 Å². The summed E-state index contributed by atoms with van der Waals surface area (Å²) < 4.78 is 13.8. The third-order valence-electron chi connectivity index (χ3n) is 6.64. The van der Waals surface area contributed by atoms with Crippen molar-refractivity contribution in [1.29, 1.82) is 0 Å². The predicted octanol–water partition coefficient (Wildman–Crippen LogP) is 6.22. The molecule has 0 radical (unpaired) electrons. The number of hydrogen-bond acceptors (Lipinski definition) is 3. The molecule has 1 unspecified atom stereocenters. The van der Waals surface area contributed by atoms with E-state index < -0.39 is 0 Å². The van der Waals surface area contributed by atoms with Gasteiger partial charge in [-0.25, -0.2) is 9.37 Å². The summed E-state index contributed by atoms with van der Waals surface area (Å²) >= 11 is 0. The molecule has 0 aliphatic carbocycles. The van der Waals surface area contributed by atoms with Gasteiger partial charge in [-0.15, -0.1) is 0 Å². The fourth-order valence-corrected chi connectivity index (χ4v) is 4.95. The molecule has 0 saturated carbocycles. The number of benzene rings is 3. The van der Waals surface area contributed by atoms with Crippen molar-refractivity contribution < 1.29 is 9.18 Å². The van der Waals surface area contributed by atoms with Gasteiger partial charge in [0, 0.05) is 29.9 Å². The molecule has 4 nitrogen and oxygen atoms in total. The van der Waals surface area contributed by atoms with Gasteiger partial charge in [0.25, 0.3) is 5.91 Å². The van der Waals surface area contributed by atoms with Gasteiger partial charge in [0.1, 0.15) is 5.82 Å². The summed E-state index contributed by atoms with van der Waals surface area (Å²) in [6, 6.07) is 27.9. The molecule has 1 atom stereocenters. The largest absolute Gasteiger partial charge is 0.327 e. The highest BCUT2D eigenvalue weighted by molar-refractivity contribution is 6.07. The zero-order valence-electron chi connectivity index (χ0n) is 18.9. The van der Waals surface area contributed by atoms with Gasteiger partial charge in [0.05, 0.1) is 22.8 Å². The van der Waals surface area contributed by atoms with Crippen LogP contribution in [0, 0.1) is 5.82 Å². The van der Waals surface area contributed by atoms with E-state index >= 15 is 0 Å². The Morgan fingerprint density at radius 3 is 2.51 bits per heavy atom. The number of nitrogens with zero attached hydrogens (tertiary/aromatic N) is 3. The normalized spacial score (nSPS) is 15.1. The van der Waals surface area contributed by atoms with Crippen molar-refractivity contribution >= 4 is 16.8 Å². The number of carbonyl (C=O) groups excluding carboxylic acids is 1. The van der Waals surface area contributed by atoms with Gasteiger partial charge in [-0.2, -0.15) is 0 Å². The number of pyridine rings is 2. The number of fused-ring (bicyclic) bond motifs is 2. The molecule has 2 aromatic heterocycles. The first-order valence-electron chi connectivity index (χ1n) is 11.6. The number of carbonyl (C=O) groups is 1. The van der Waals surface area contributed by atoms with Crippen LogP contribution in [0.25, 0.3) is 22.2 Å². The zero-order chi connectivity index (χ0) is 23.8. The van der Waals surface area contributed by atoms with Gasteiger partial charge in [-0.1, -0.05) is 66.7 Å². The highest BCUT2D eigenvalue weighted by Crippen LogP contribution is 2.37. The summed E-state index contributed by atoms with van der Waals surface area (Å²) in [6.07, 6.45) is 4.15. The molecule has 6 rings (SSSR count). The van der Waals surface area contributed by atoms with Crippen LogP contribution < -0.4 is 0 Å². The molecule has 5 heteroatoms. The van der Waals surface area contributed by atoms with Crippen LogP contribution in [0.4, 0.5) is 4.39 Å². The lowest BCUT2D eigenvalue weighted by Gasteiger charge is -2.38. The average Bonchev–Trinajstić information content (AvgIpc) is 2.92. The molecule has 1 aliphatic rings. The SMILES string of the molecule is O=C(c1cc(-c2ccccc2)nc2ccncc12)N1CCc2ccccc2C1c1ccc(F)cc1. The van der Waals surface area contributed by atoms with Crippen LogP contribution in [-0.4, -0.2) is 27.3 Å². The lowest BCUT2D eigenvalue weighted by molar-refractivity contribution is 0.0696. The summed E-state index contributed by atoms with van der Waals surface area (Å²) in [5.41, 5.74) is 6.12. The van der Waals surface area contributed by atoms with Crippen molar-refractivity contribution in [2.24, 2.45) is 0 Å². The number of aromatic nitrogens is 2. The predicted molar refractivity (Wildman–Crippen MR) is 134 cm³/mol. The van der Waals surface area contributed by atoms with Gasteiger partial charge in [-0.3, -0.25) is 9.78 Å². The second-order valence-corrected chi connectivity index (χ2v) is 8.72. The molecule has 1 amide bonds. The summed E-state index contributed by atoms with van der Waals surface area (Å²) in [7, 11) is 0. The van der Waals surface area contributed by atoms with Crippen molar-refractivity contribution in [2.75, 3.05) is 6.54 Å². The van der Waals surface area contributed by atoms with Gasteiger partial charge in [0.2, 0.25) is 0 Å². The van der Waals surface area contributed by atoms with E-state index in [0.717, 1.165) is 34.3 Å². The van der Waals surface area contributed by atoms with Crippen LogP contribution in [0.3, 0.4) is 0 Å². The second-order valence-electron chi connectivity index (χ2n) is 8.72. The lowest BCUT2D eigenvalue weighted by Crippen LogP contribution is -2.40. The Bertz CT molecular complexity index is 1530. The molecule has 0 fully saturated rings. The van der Waals surface area contributed by atoms with Crippen molar-refractivity contribution in [3.63, 3.8) is 0 Å². The van der Waals surface area contributed by atoms with E-state index in [-0.39, 0.29) is 17.8 Å². The topological polar surface area (TPSA) is 46.1 Å². The minimum atomic E-state index is -0.312. The number of halogens is 1. The van der Waals surface area contributed by atoms with Gasteiger partial charge in [-0.05, 0) is 47.4 Å². The summed E-state index contributed by atoms with van der Waals surface area (Å²) in [4.78, 5) is 25.2. The van der Waals surface area contributed by atoms with E-state index in [9.17, 15) is 9.18 Å². The zero-order valence-corrected chi connectivity index (χ0v) is 18.9. The van der Waals surface area contributed by atoms with Crippen LogP contribution in [0.5, 0.6) is 0 Å². The summed E-state index contributed by atoms with van der Waals surface area (Å²) in [5, 5.41) is 0.717. The Balaban J connectivity index is 1.51. The van der Waals surface area contributed by atoms with Crippen LogP contribution in [0.1, 0.15) is 33.1 Å². The van der Waals surface area contributed by atoms with Gasteiger partial charge < -0.3 is 4.90 Å². The third kappa shape index (κ3) is 3.85. The van der Waals surface area contributed by atoms with Crippen LogP contribution in [-0.2, 0) is 6.42 Å². The number of rotatable bonds is 3. The highest BCUT2D eigenvalue weighted by Gasteiger charge is 2.33. The molecule has 0 N–H and O–H groups in total. The van der Waals surface area contributed by atoms with Gasteiger partial charge in [0.15, 0.2) is 0 Å². The van der Waals surface area contributed by atoms with Crippen molar-refractivity contribution in [1.82, 2.24) is 14.9 Å². The first kappa shape index (κ1) is 21.2. The molecule has 1 aliphatic heterocycles. The number of hydrogen-bond donors (Lipinski definition) is 0. The van der Waals surface area contributed by atoms with Crippen LogP contribution >= 0.6 is 0 Å². The maximum Gasteiger partial charge on any atom is 0.255 e. The van der Waals surface area contributed by atoms with E-state index in [4.69, 9.17) is 4.98 Å². The van der Waals surface area contributed by atoms with E-state index in [1.807, 2.05) is 59.5 Å². The van der Waals surface area contributed by atoms with Crippen LogP contribution in [0.15, 0.2) is 103 Å². The molecular weight excluding hydrogens is 437 g/mol. The summed E-state index contributed by atoms with van der Waals surface area (Å²) in [5.74, 6) is -0.388. The molecule has 170 valence electrons. The second kappa shape index (κ2) is 8.76. The first-order chi connectivity index (χ1) is 17.2.